The zero-order valence-electron chi connectivity index (χ0n) is 12.4. The van der Waals surface area contributed by atoms with Crippen molar-refractivity contribution in [1.29, 1.82) is 0 Å². The summed E-state index contributed by atoms with van der Waals surface area (Å²) in [5.74, 6) is -0.671. The highest BCUT2D eigenvalue weighted by Gasteiger charge is 2.43. The van der Waals surface area contributed by atoms with Gasteiger partial charge in [-0.3, -0.25) is 9.69 Å². The number of nitrogens with zero attached hydrogens (tertiary/aromatic N) is 1. The number of aliphatic carboxylic acids is 1. The molecule has 2 saturated carbocycles. The molecule has 0 radical (unpaired) electrons. The zero-order chi connectivity index (χ0) is 14.0. The molecule has 1 aliphatic heterocycles. The lowest BCUT2D eigenvalue weighted by molar-refractivity contribution is -0.139. The van der Waals surface area contributed by atoms with Crippen molar-refractivity contribution >= 4 is 5.97 Å². The fourth-order valence-electron chi connectivity index (χ4n) is 4.12. The maximum atomic E-state index is 10.9. The van der Waals surface area contributed by atoms with E-state index in [4.69, 9.17) is 9.84 Å². The van der Waals surface area contributed by atoms with Gasteiger partial charge in [0.2, 0.25) is 0 Å². The predicted octanol–water partition coefficient (Wildman–Crippen LogP) is 2.81. The molecule has 0 bridgehead atoms. The first-order chi connectivity index (χ1) is 9.69. The van der Waals surface area contributed by atoms with Crippen LogP contribution in [0.5, 0.6) is 0 Å². The lowest BCUT2D eigenvalue weighted by Crippen LogP contribution is -2.50. The van der Waals surface area contributed by atoms with E-state index in [1.165, 1.54) is 44.9 Å². The second-order valence-corrected chi connectivity index (χ2v) is 6.85. The number of carboxylic acids is 1. The van der Waals surface area contributed by atoms with Crippen LogP contribution in [-0.2, 0) is 9.53 Å². The first-order valence-corrected chi connectivity index (χ1v) is 8.30. The van der Waals surface area contributed by atoms with Crippen molar-refractivity contribution in [3.63, 3.8) is 0 Å². The second kappa shape index (κ2) is 6.02. The summed E-state index contributed by atoms with van der Waals surface area (Å²) < 4.78 is 6.17. The van der Waals surface area contributed by atoms with Gasteiger partial charge in [0.05, 0.1) is 12.0 Å². The van der Waals surface area contributed by atoms with Crippen LogP contribution in [0.3, 0.4) is 0 Å². The van der Waals surface area contributed by atoms with Gasteiger partial charge in [-0.05, 0) is 38.5 Å². The fraction of sp³-hybridized carbons (Fsp3) is 0.938. The number of ether oxygens (including phenoxy) is 1. The molecular formula is C16H27NO3. The number of hydrogen-bond acceptors (Lipinski definition) is 3. The minimum absolute atomic E-state index is 0.123. The predicted molar refractivity (Wildman–Crippen MR) is 76.8 cm³/mol. The van der Waals surface area contributed by atoms with Gasteiger partial charge in [-0.2, -0.15) is 0 Å². The van der Waals surface area contributed by atoms with Crippen molar-refractivity contribution in [2.45, 2.75) is 81.9 Å². The molecular weight excluding hydrogens is 254 g/mol. The quantitative estimate of drug-likeness (QED) is 0.842. The molecule has 2 aliphatic carbocycles. The maximum absolute atomic E-state index is 10.9. The molecule has 1 heterocycles. The first-order valence-electron chi connectivity index (χ1n) is 8.30. The topological polar surface area (TPSA) is 49.8 Å². The lowest BCUT2D eigenvalue weighted by atomic mass is 9.78. The Morgan fingerprint density at radius 1 is 1.15 bits per heavy atom. The van der Waals surface area contributed by atoms with E-state index < -0.39 is 5.97 Å². The van der Waals surface area contributed by atoms with Crippen molar-refractivity contribution in [3.05, 3.63) is 0 Å². The summed E-state index contributed by atoms with van der Waals surface area (Å²) in [4.78, 5) is 13.4. The molecule has 20 heavy (non-hydrogen) atoms. The van der Waals surface area contributed by atoms with Gasteiger partial charge in [0.1, 0.15) is 0 Å². The molecule has 4 nitrogen and oxygen atoms in total. The molecule has 0 aromatic heterocycles. The van der Waals surface area contributed by atoms with Crippen LogP contribution in [-0.4, -0.2) is 46.8 Å². The van der Waals surface area contributed by atoms with Crippen LogP contribution in [0.1, 0.15) is 64.2 Å². The van der Waals surface area contributed by atoms with E-state index in [1.807, 2.05) is 0 Å². The molecule has 3 aliphatic rings. The van der Waals surface area contributed by atoms with Crippen molar-refractivity contribution in [2.24, 2.45) is 0 Å². The Hall–Kier alpha value is -0.610. The van der Waals surface area contributed by atoms with E-state index >= 15 is 0 Å². The van der Waals surface area contributed by atoms with E-state index in [0.717, 1.165) is 26.0 Å². The molecule has 1 N–H and O–H groups in total. The Balaban J connectivity index is 1.62. The highest BCUT2D eigenvalue weighted by molar-refractivity contribution is 5.66. The van der Waals surface area contributed by atoms with E-state index in [-0.39, 0.29) is 12.0 Å². The molecule has 1 atom stereocenters. The summed E-state index contributed by atoms with van der Waals surface area (Å²) >= 11 is 0. The fourth-order valence-corrected chi connectivity index (χ4v) is 4.12. The maximum Gasteiger partial charge on any atom is 0.304 e. The van der Waals surface area contributed by atoms with Crippen LogP contribution >= 0.6 is 0 Å². The van der Waals surface area contributed by atoms with Crippen LogP contribution in [0.25, 0.3) is 0 Å². The molecule has 114 valence electrons. The molecule has 0 aromatic rings. The monoisotopic (exact) mass is 281 g/mol. The van der Waals surface area contributed by atoms with E-state index in [1.54, 1.807) is 0 Å². The van der Waals surface area contributed by atoms with Crippen LogP contribution in [0, 0.1) is 0 Å². The average molecular weight is 281 g/mol. The molecule has 4 heteroatoms. The Labute approximate surface area is 121 Å². The third kappa shape index (κ3) is 3.34. The van der Waals surface area contributed by atoms with E-state index in [0.29, 0.717) is 12.1 Å². The van der Waals surface area contributed by atoms with Crippen molar-refractivity contribution in [2.75, 3.05) is 13.2 Å². The largest absolute Gasteiger partial charge is 0.481 e. The van der Waals surface area contributed by atoms with Gasteiger partial charge >= 0.3 is 5.97 Å². The van der Waals surface area contributed by atoms with E-state index in [9.17, 15) is 4.79 Å². The van der Waals surface area contributed by atoms with Crippen molar-refractivity contribution in [1.82, 2.24) is 4.90 Å². The lowest BCUT2D eigenvalue weighted by Gasteiger charge is -2.46. The highest BCUT2D eigenvalue weighted by atomic mass is 16.5. The van der Waals surface area contributed by atoms with Crippen LogP contribution in [0.2, 0.25) is 0 Å². The van der Waals surface area contributed by atoms with Gasteiger partial charge in [-0.25, -0.2) is 0 Å². The van der Waals surface area contributed by atoms with Gasteiger partial charge < -0.3 is 9.84 Å². The molecule has 1 saturated heterocycles. The number of rotatable bonds is 5. The summed E-state index contributed by atoms with van der Waals surface area (Å²) in [7, 11) is 0. The van der Waals surface area contributed by atoms with Crippen LogP contribution in [0.15, 0.2) is 0 Å². The minimum atomic E-state index is -0.671. The number of carboxylic acid groups (broad SMARTS) is 1. The third-order valence-electron chi connectivity index (χ3n) is 5.30. The summed E-state index contributed by atoms with van der Waals surface area (Å²) in [6.45, 7) is 1.59. The smallest absolute Gasteiger partial charge is 0.304 e. The van der Waals surface area contributed by atoms with E-state index in [2.05, 4.69) is 4.90 Å². The second-order valence-electron chi connectivity index (χ2n) is 6.85. The average Bonchev–Trinajstić information content (AvgIpc) is 3.24. The minimum Gasteiger partial charge on any atom is -0.481 e. The normalized spacial score (nSPS) is 29.8. The van der Waals surface area contributed by atoms with Gasteiger partial charge in [-0.1, -0.05) is 19.3 Å². The standard InChI is InChI=1S/C16H27NO3/c18-15(19)6-10-17(13-4-5-13)14-7-11-20-16(12-14)8-2-1-3-9-16/h13-14H,1-12H2,(H,18,19). The molecule has 1 spiro atoms. The molecule has 3 rings (SSSR count). The summed E-state index contributed by atoms with van der Waals surface area (Å²) in [5.41, 5.74) is 0.123. The van der Waals surface area contributed by atoms with Gasteiger partial charge in [0.15, 0.2) is 0 Å². The molecule has 1 unspecified atom stereocenters. The SMILES string of the molecule is O=C(O)CCN(C1CC1)C1CCOC2(CCCCC2)C1. The summed E-state index contributed by atoms with van der Waals surface area (Å²) in [5, 5.41) is 8.95. The highest BCUT2D eigenvalue weighted by Crippen LogP contribution is 2.42. The van der Waals surface area contributed by atoms with Crippen LogP contribution < -0.4 is 0 Å². The molecule has 0 aromatic carbocycles. The Kier molecular flexibility index (Phi) is 4.32. The summed E-state index contributed by atoms with van der Waals surface area (Å²) in [6.07, 6.45) is 11.4. The Morgan fingerprint density at radius 3 is 2.55 bits per heavy atom. The molecule has 0 amide bonds. The summed E-state index contributed by atoms with van der Waals surface area (Å²) in [6, 6.07) is 1.20. The van der Waals surface area contributed by atoms with Crippen LogP contribution in [0.4, 0.5) is 0 Å². The van der Waals surface area contributed by atoms with Gasteiger partial charge in [-0.15, -0.1) is 0 Å². The zero-order valence-corrected chi connectivity index (χ0v) is 12.4. The Morgan fingerprint density at radius 2 is 1.90 bits per heavy atom. The van der Waals surface area contributed by atoms with Crippen molar-refractivity contribution < 1.29 is 14.6 Å². The number of hydrogen-bond donors (Lipinski definition) is 1. The number of carbonyl (C=O) groups is 1. The third-order valence-corrected chi connectivity index (χ3v) is 5.30. The molecule has 3 fully saturated rings. The first kappa shape index (κ1) is 14.3. The van der Waals surface area contributed by atoms with Gasteiger partial charge in [0, 0.05) is 25.2 Å². The Bertz CT molecular complexity index is 342. The van der Waals surface area contributed by atoms with Gasteiger partial charge in [0.25, 0.3) is 0 Å². The van der Waals surface area contributed by atoms with Crippen molar-refractivity contribution in [3.8, 4) is 0 Å².